The van der Waals surface area contributed by atoms with Gasteiger partial charge >= 0.3 is 0 Å². The van der Waals surface area contributed by atoms with E-state index in [2.05, 4.69) is 80.0 Å². The smallest absolute Gasteiger partial charge is 0.178 e. The minimum Gasteiger partial charge on any atom is -0.294 e. The number of rotatable bonds is 19. The Morgan fingerprint density at radius 1 is 0.295 bits per heavy atom. The van der Waals surface area contributed by atoms with Crippen LogP contribution in [-0.4, -0.2) is 70.4 Å². The molecule has 0 saturated heterocycles. The minimum absolute atomic E-state index is 0.00787. The number of aromatic nitrogens is 6. The van der Waals surface area contributed by atoms with Gasteiger partial charge < -0.3 is 0 Å². The third-order valence-electron chi connectivity index (χ3n) is 19.7. The van der Waals surface area contributed by atoms with Gasteiger partial charge in [-0.05, 0) is 235 Å². The molecular formula is C100H81Br2ClN6O7S6. The van der Waals surface area contributed by atoms with E-state index in [1.54, 1.807) is 35.6 Å². The van der Waals surface area contributed by atoms with Crippen LogP contribution >= 0.6 is 111 Å². The zero-order valence-corrected chi connectivity index (χ0v) is 76.9. The lowest BCUT2D eigenvalue weighted by molar-refractivity contribution is 0.0988. The summed E-state index contributed by atoms with van der Waals surface area (Å²) in [5, 5.41) is 10.3. The number of hydrogen-bond donors (Lipinski definition) is 0. The Morgan fingerprint density at radius 3 is 0.902 bits per heavy atom. The number of aryl methyl sites for hydroxylation is 8. The highest BCUT2D eigenvalue weighted by atomic mass is 79.9. The van der Waals surface area contributed by atoms with E-state index in [0.717, 1.165) is 166 Å². The molecule has 0 aliphatic carbocycles. The lowest BCUT2D eigenvalue weighted by Crippen LogP contribution is -2.04. The first-order valence-corrected chi connectivity index (χ1v) is 46.0. The zero-order chi connectivity index (χ0) is 86.3. The Hall–Kier alpha value is -11.1. The molecule has 0 unspecified atom stereocenters. The summed E-state index contributed by atoms with van der Waals surface area (Å²) >= 11 is 21.3. The zero-order valence-electron chi connectivity index (χ0n) is 68.1. The van der Waals surface area contributed by atoms with E-state index in [1.807, 2.05) is 266 Å². The van der Waals surface area contributed by atoms with Gasteiger partial charge in [-0.1, -0.05) is 163 Å². The highest BCUT2D eigenvalue weighted by Gasteiger charge is 2.21. The third-order valence-corrected chi connectivity index (χ3v) is 27.8. The summed E-state index contributed by atoms with van der Waals surface area (Å²) in [6.07, 6.45) is 2.24. The van der Waals surface area contributed by atoms with Gasteiger partial charge in [0, 0.05) is 114 Å². The summed E-state index contributed by atoms with van der Waals surface area (Å²) in [5.74, 6) is 0.698. The molecule has 6 aromatic carbocycles. The molecule has 13 nitrogen and oxygen atoms in total. The highest BCUT2D eigenvalue weighted by molar-refractivity contribution is 9.11. The molecule has 122 heavy (non-hydrogen) atoms. The van der Waals surface area contributed by atoms with Crippen molar-refractivity contribution in [2.24, 2.45) is 0 Å². The van der Waals surface area contributed by atoms with E-state index in [0.29, 0.717) is 57.5 Å². The second kappa shape index (κ2) is 41.2. The summed E-state index contributed by atoms with van der Waals surface area (Å²) in [7, 11) is 0. The van der Waals surface area contributed by atoms with Crippen molar-refractivity contribution in [2.45, 2.75) is 101 Å². The molecule has 12 aromatic heterocycles. The lowest BCUT2D eigenvalue weighted by atomic mass is 10.0. The second-order valence-corrected chi connectivity index (χ2v) is 38.4. The van der Waals surface area contributed by atoms with E-state index in [-0.39, 0.29) is 40.5 Å². The predicted molar refractivity (Wildman–Crippen MR) is 513 cm³/mol. The number of halogens is 3. The van der Waals surface area contributed by atoms with Gasteiger partial charge in [-0.25, -0.2) is 0 Å². The molecule has 22 heteroatoms. The van der Waals surface area contributed by atoms with E-state index in [4.69, 9.17) is 11.6 Å². The monoisotopic (exact) mass is 1860 g/mol. The van der Waals surface area contributed by atoms with Crippen LogP contribution in [0.2, 0.25) is 4.34 Å². The van der Waals surface area contributed by atoms with Crippen molar-refractivity contribution in [1.29, 1.82) is 0 Å². The summed E-state index contributed by atoms with van der Waals surface area (Å²) < 4.78 is 2.43. The topological polar surface area (TPSA) is 197 Å². The van der Waals surface area contributed by atoms with Crippen LogP contribution in [-0.2, 0) is 38.5 Å². The largest absolute Gasteiger partial charge is 0.294 e. The van der Waals surface area contributed by atoms with Crippen molar-refractivity contribution in [3.63, 3.8) is 0 Å². The van der Waals surface area contributed by atoms with Crippen molar-refractivity contribution in [1.82, 2.24) is 29.9 Å². The standard InChI is InChI=1S/C18H15NO2S.2C17H15NOS.C16H11Br2NOS.C16H12ClNOS.C16H13NOS/c1-11-6-7-13-4-3-5-14(18(13)19-11)10-15(21)17-9-8-16(22-17)12(2)20;1-11-6-8-13-4-3-5-14(17(13)18-11)10-15(19)16-9-7-12(2)20-16;1-11-8-9-20-17(11)15(19)10-14-5-3-4-13-7-6-12(2)18-16(13)14;1-9-5-6-10-3-2-4-11(15(10)19-9)7-13(20)16-12(17)8-14(18)21-16;1-10-5-6-11-3-2-4-12(16(11)18-10)9-13(19)14-7-8-15(17)20-14;1-11-7-8-12-4-2-5-13(16(12)17-11)10-14(18)15-6-3-9-19-15/h3-9H,10H2,1-2H3;2*3-9H,10H2,1-2H3;2-6,8H,7H2,1H3;2-8H,9H2,1H3;2-9H,10H2,1H3. The summed E-state index contributed by atoms with van der Waals surface area (Å²) in [5.41, 5.74) is 18.2. The van der Waals surface area contributed by atoms with Crippen molar-refractivity contribution in [2.75, 3.05) is 0 Å². The summed E-state index contributed by atoms with van der Waals surface area (Å²) in [6, 6.07) is 78.5. The van der Waals surface area contributed by atoms with Crippen molar-refractivity contribution in [3.8, 4) is 0 Å². The Labute approximate surface area is 753 Å². The Balaban J connectivity index is 0.000000126. The van der Waals surface area contributed by atoms with Gasteiger partial charge in [0.25, 0.3) is 0 Å². The molecule has 18 aromatic rings. The van der Waals surface area contributed by atoms with Crippen LogP contribution in [0.5, 0.6) is 0 Å². The quantitative estimate of drug-likeness (QED) is 0.0694. The Morgan fingerprint density at radius 2 is 0.615 bits per heavy atom. The van der Waals surface area contributed by atoms with Gasteiger partial charge in [0.05, 0.1) is 75.4 Å². The fourth-order valence-electron chi connectivity index (χ4n) is 13.6. The minimum atomic E-state index is -0.00787. The molecule has 0 fully saturated rings. The first-order valence-electron chi connectivity index (χ1n) is 39.0. The van der Waals surface area contributed by atoms with E-state index < -0.39 is 0 Å². The molecular weight excluding hydrogens is 1780 g/mol. The number of benzene rings is 6. The molecule has 0 amide bonds. The molecule has 0 spiro atoms. The number of nitrogens with zero attached hydrogens (tertiary/aromatic N) is 6. The van der Waals surface area contributed by atoms with Crippen LogP contribution in [0.25, 0.3) is 65.4 Å². The van der Waals surface area contributed by atoms with Crippen LogP contribution < -0.4 is 0 Å². The van der Waals surface area contributed by atoms with Crippen LogP contribution in [0.4, 0.5) is 0 Å². The predicted octanol–water partition coefficient (Wildman–Crippen LogP) is 27.2. The number of hydrogen-bond acceptors (Lipinski definition) is 19. The van der Waals surface area contributed by atoms with Crippen LogP contribution in [0.1, 0.15) is 153 Å². The SMILES string of the molecule is CC(=O)c1ccc(C(=O)Cc2cccc3ccc(C)nc23)s1.Cc1ccc2cccc(CC(=O)c3ccc(C)s3)c2n1.Cc1ccc2cccc(CC(=O)c3ccc(Cl)s3)c2n1.Cc1ccc2cccc(CC(=O)c3cccs3)c2n1.Cc1ccc2cccc(CC(=O)c3sc(Br)cc3Br)c2n1.Cc1ccc2cccc(CC(=O)c3sccc3C)c2n1. The lowest BCUT2D eigenvalue weighted by Gasteiger charge is -2.06. The number of ketones is 7. The molecule has 0 radical (unpaired) electrons. The van der Waals surface area contributed by atoms with Gasteiger partial charge in [-0.3, -0.25) is 63.5 Å². The molecule has 0 aliphatic heterocycles. The molecule has 0 atom stereocenters. The van der Waals surface area contributed by atoms with Gasteiger partial charge in [0.2, 0.25) is 0 Å². The normalized spacial score (nSPS) is 10.9. The molecule has 0 N–H and O–H groups in total. The molecule has 12 heterocycles. The first-order chi connectivity index (χ1) is 58.7. The van der Waals surface area contributed by atoms with E-state index in [9.17, 15) is 33.6 Å². The van der Waals surface area contributed by atoms with Gasteiger partial charge in [0.1, 0.15) is 0 Å². The molecule has 0 aliphatic rings. The maximum Gasteiger partial charge on any atom is 0.178 e. The van der Waals surface area contributed by atoms with Crippen LogP contribution in [0.3, 0.4) is 0 Å². The Kier molecular flexibility index (Phi) is 30.0. The summed E-state index contributed by atoms with van der Waals surface area (Å²) in [6.45, 7) is 17.3. The maximum atomic E-state index is 12.5. The van der Waals surface area contributed by atoms with Crippen molar-refractivity contribution in [3.05, 3.63) is 378 Å². The average Bonchev–Trinajstić information content (AvgIpc) is 1.29. The number of para-hydroxylation sites is 6. The fourth-order valence-corrected chi connectivity index (χ4v) is 20.3. The number of thiophene rings is 6. The number of Topliss-reactive ketones (excluding diaryl/α,β-unsaturated/α-hetero) is 7. The van der Waals surface area contributed by atoms with E-state index >= 15 is 0 Å². The fraction of sp³-hybridized carbons (Fsp3) is 0.150. The molecule has 0 saturated carbocycles. The van der Waals surface area contributed by atoms with Gasteiger partial charge in [-0.15, -0.1) is 68.0 Å². The van der Waals surface area contributed by atoms with Crippen LogP contribution in [0, 0.1) is 55.4 Å². The maximum absolute atomic E-state index is 12.5. The van der Waals surface area contributed by atoms with Gasteiger partial charge in [0.15, 0.2) is 40.5 Å². The number of pyridine rings is 6. The van der Waals surface area contributed by atoms with Crippen molar-refractivity contribution >= 4 is 217 Å². The average molecular weight is 1870 g/mol. The van der Waals surface area contributed by atoms with E-state index in [1.165, 1.54) is 68.5 Å². The molecule has 610 valence electrons. The number of carbonyl (C=O) groups is 7. The molecule has 18 rings (SSSR count). The Bertz CT molecular complexity index is 6830. The summed E-state index contributed by atoms with van der Waals surface area (Å²) in [4.78, 5) is 119. The number of fused-ring (bicyclic) bond motifs is 6. The first kappa shape index (κ1) is 88.7. The third kappa shape index (κ3) is 23.0. The molecule has 0 bridgehead atoms. The van der Waals surface area contributed by atoms with Crippen LogP contribution in [0.15, 0.2) is 262 Å². The second-order valence-electron chi connectivity index (χ2n) is 29.1. The van der Waals surface area contributed by atoms with Crippen molar-refractivity contribution < 1.29 is 33.6 Å². The number of carbonyl (C=O) groups excluding carboxylic acids is 7. The highest BCUT2D eigenvalue weighted by Crippen LogP contribution is 2.34. The van der Waals surface area contributed by atoms with Gasteiger partial charge in [-0.2, -0.15) is 0 Å².